The van der Waals surface area contributed by atoms with E-state index in [1.807, 2.05) is 64.6 Å². The molecular formula is C24H25N3O2S. The molecule has 5 nitrogen and oxygen atoms in total. The molecular weight excluding hydrogens is 394 g/mol. The fraction of sp³-hybridized carbons (Fsp3) is 0.292. The zero-order chi connectivity index (χ0) is 20.9. The number of carbonyl (C=O) groups excluding carboxylic acids is 2. The van der Waals surface area contributed by atoms with Gasteiger partial charge in [0.05, 0.1) is 5.01 Å². The summed E-state index contributed by atoms with van der Waals surface area (Å²) in [5.74, 6) is -0.0118. The van der Waals surface area contributed by atoms with Gasteiger partial charge in [0, 0.05) is 43.5 Å². The maximum atomic E-state index is 13.0. The number of nitrogens with zero attached hydrogens (tertiary/aromatic N) is 3. The van der Waals surface area contributed by atoms with E-state index in [-0.39, 0.29) is 11.8 Å². The first-order valence-corrected chi connectivity index (χ1v) is 11.1. The van der Waals surface area contributed by atoms with Gasteiger partial charge in [-0.2, -0.15) is 0 Å². The second kappa shape index (κ2) is 9.22. The summed E-state index contributed by atoms with van der Waals surface area (Å²) in [4.78, 5) is 34.1. The van der Waals surface area contributed by atoms with Crippen LogP contribution in [0.4, 0.5) is 0 Å². The van der Waals surface area contributed by atoms with Crippen molar-refractivity contribution >= 4 is 23.2 Å². The van der Waals surface area contributed by atoms with Crippen LogP contribution in [0.1, 0.15) is 43.4 Å². The second-order valence-electron chi connectivity index (χ2n) is 7.60. The van der Waals surface area contributed by atoms with Crippen LogP contribution in [0.15, 0.2) is 60.0 Å². The first kappa shape index (κ1) is 20.3. The fourth-order valence-corrected chi connectivity index (χ4v) is 4.51. The number of amides is 2. The van der Waals surface area contributed by atoms with Gasteiger partial charge < -0.3 is 9.80 Å². The Morgan fingerprint density at radius 2 is 1.67 bits per heavy atom. The Labute approximate surface area is 181 Å². The molecule has 2 heterocycles. The number of aromatic nitrogens is 1. The molecule has 0 unspecified atom stereocenters. The van der Waals surface area contributed by atoms with Crippen molar-refractivity contribution in [3.05, 3.63) is 87.4 Å². The molecule has 0 spiro atoms. The average molecular weight is 420 g/mol. The Morgan fingerprint density at radius 3 is 2.40 bits per heavy atom. The summed E-state index contributed by atoms with van der Waals surface area (Å²) in [5.41, 5.74) is 3.47. The molecule has 4 rings (SSSR count). The molecule has 30 heavy (non-hydrogen) atoms. The van der Waals surface area contributed by atoms with Gasteiger partial charge in [0.25, 0.3) is 11.8 Å². The van der Waals surface area contributed by atoms with Crippen molar-refractivity contribution in [2.75, 3.05) is 26.2 Å². The van der Waals surface area contributed by atoms with Gasteiger partial charge in [-0.05, 0) is 31.0 Å². The summed E-state index contributed by atoms with van der Waals surface area (Å²) < 4.78 is 0. The lowest BCUT2D eigenvalue weighted by Gasteiger charge is -2.22. The first-order chi connectivity index (χ1) is 14.6. The summed E-state index contributed by atoms with van der Waals surface area (Å²) in [5, 5.41) is 2.79. The van der Waals surface area contributed by atoms with Gasteiger partial charge in [0.2, 0.25) is 0 Å². The Hall–Kier alpha value is -2.99. The van der Waals surface area contributed by atoms with Crippen molar-refractivity contribution in [2.24, 2.45) is 0 Å². The first-order valence-electron chi connectivity index (χ1n) is 10.2. The van der Waals surface area contributed by atoms with Crippen molar-refractivity contribution in [1.29, 1.82) is 0 Å². The number of rotatable bonds is 4. The average Bonchev–Trinajstić information content (AvgIpc) is 3.08. The number of carbonyl (C=O) groups is 2. The predicted molar refractivity (Wildman–Crippen MR) is 119 cm³/mol. The molecule has 0 aliphatic carbocycles. The molecule has 1 aliphatic rings. The van der Waals surface area contributed by atoms with Crippen LogP contribution in [0, 0.1) is 6.92 Å². The van der Waals surface area contributed by atoms with Crippen molar-refractivity contribution in [2.45, 2.75) is 19.8 Å². The van der Waals surface area contributed by atoms with Crippen LogP contribution in [-0.2, 0) is 6.42 Å². The summed E-state index contributed by atoms with van der Waals surface area (Å²) in [6, 6.07) is 17.8. The van der Waals surface area contributed by atoms with Gasteiger partial charge >= 0.3 is 0 Å². The van der Waals surface area contributed by atoms with E-state index in [4.69, 9.17) is 0 Å². The lowest BCUT2D eigenvalue weighted by atomic mass is 10.1. The third-order valence-corrected chi connectivity index (χ3v) is 6.15. The van der Waals surface area contributed by atoms with Gasteiger partial charge in [-0.3, -0.25) is 9.59 Å². The van der Waals surface area contributed by atoms with E-state index in [0.717, 1.165) is 23.4 Å². The Morgan fingerprint density at radius 1 is 0.933 bits per heavy atom. The number of aryl methyl sites for hydroxylation is 1. The Balaban J connectivity index is 1.38. The molecule has 1 aliphatic heterocycles. The van der Waals surface area contributed by atoms with Crippen molar-refractivity contribution in [3.63, 3.8) is 0 Å². The number of thiazole rings is 1. The van der Waals surface area contributed by atoms with Crippen molar-refractivity contribution in [3.8, 4) is 0 Å². The second-order valence-corrected chi connectivity index (χ2v) is 8.54. The molecule has 1 aromatic heterocycles. The highest BCUT2D eigenvalue weighted by atomic mass is 32.1. The highest BCUT2D eigenvalue weighted by molar-refractivity contribution is 7.09. The third kappa shape index (κ3) is 4.76. The number of hydrogen-bond donors (Lipinski definition) is 0. The standard InChI is InChI=1S/C24H25N3O2S/c1-18-7-5-10-20(15-18)23(28)26-11-6-12-27(14-13-26)24(29)21-17-30-22(25-21)16-19-8-3-2-4-9-19/h2-5,7-10,15,17H,6,11-14,16H2,1H3. The van der Waals surface area contributed by atoms with Crippen molar-refractivity contribution < 1.29 is 9.59 Å². The normalized spacial score (nSPS) is 14.4. The molecule has 154 valence electrons. The van der Waals surface area contributed by atoms with Crippen LogP contribution in [0.25, 0.3) is 0 Å². The SMILES string of the molecule is Cc1cccc(C(=O)N2CCCN(C(=O)c3csc(Cc4ccccc4)n3)CC2)c1. The molecule has 1 fully saturated rings. The molecule has 2 aromatic carbocycles. The van der Waals surface area contributed by atoms with Crippen LogP contribution in [0.3, 0.4) is 0 Å². The van der Waals surface area contributed by atoms with Gasteiger partial charge in [-0.15, -0.1) is 11.3 Å². The van der Waals surface area contributed by atoms with Crippen LogP contribution >= 0.6 is 11.3 Å². The maximum Gasteiger partial charge on any atom is 0.273 e. The summed E-state index contributed by atoms with van der Waals surface area (Å²) >= 11 is 1.52. The van der Waals surface area contributed by atoms with Crippen LogP contribution in [-0.4, -0.2) is 52.8 Å². The molecule has 6 heteroatoms. The minimum atomic E-state index is -0.0459. The third-order valence-electron chi connectivity index (χ3n) is 5.30. The van der Waals surface area contributed by atoms with Crippen molar-refractivity contribution in [1.82, 2.24) is 14.8 Å². The zero-order valence-corrected chi connectivity index (χ0v) is 17.9. The Kier molecular flexibility index (Phi) is 6.23. The topological polar surface area (TPSA) is 53.5 Å². The van der Waals surface area contributed by atoms with Crippen LogP contribution in [0.2, 0.25) is 0 Å². The van der Waals surface area contributed by atoms with E-state index in [2.05, 4.69) is 17.1 Å². The maximum absolute atomic E-state index is 13.0. The fourth-order valence-electron chi connectivity index (χ4n) is 3.71. The largest absolute Gasteiger partial charge is 0.337 e. The van der Waals surface area contributed by atoms with E-state index >= 15 is 0 Å². The predicted octanol–water partition coefficient (Wildman–Crippen LogP) is 4.03. The summed E-state index contributed by atoms with van der Waals surface area (Å²) in [6.07, 6.45) is 1.50. The van der Waals surface area contributed by atoms with Gasteiger partial charge in [-0.1, -0.05) is 48.0 Å². The van der Waals surface area contributed by atoms with Crippen LogP contribution in [0.5, 0.6) is 0 Å². The smallest absolute Gasteiger partial charge is 0.273 e. The van der Waals surface area contributed by atoms with E-state index in [1.54, 1.807) is 0 Å². The quantitative estimate of drug-likeness (QED) is 0.642. The van der Waals surface area contributed by atoms with E-state index in [9.17, 15) is 9.59 Å². The highest BCUT2D eigenvalue weighted by Gasteiger charge is 2.25. The summed E-state index contributed by atoms with van der Waals surface area (Å²) in [7, 11) is 0. The molecule has 1 saturated heterocycles. The molecule has 0 atom stereocenters. The monoisotopic (exact) mass is 419 g/mol. The minimum absolute atomic E-state index is 0.0341. The molecule has 0 radical (unpaired) electrons. The molecule has 0 N–H and O–H groups in total. The molecule has 3 aromatic rings. The zero-order valence-electron chi connectivity index (χ0n) is 17.1. The lowest BCUT2D eigenvalue weighted by Crippen LogP contribution is -2.37. The van der Waals surface area contributed by atoms with Crippen LogP contribution < -0.4 is 0 Å². The van der Waals surface area contributed by atoms with Gasteiger partial charge in [0.1, 0.15) is 5.69 Å². The van der Waals surface area contributed by atoms with Gasteiger partial charge in [-0.25, -0.2) is 4.98 Å². The van der Waals surface area contributed by atoms with E-state index in [1.165, 1.54) is 16.9 Å². The number of benzene rings is 2. The van der Waals surface area contributed by atoms with E-state index in [0.29, 0.717) is 37.4 Å². The minimum Gasteiger partial charge on any atom is -0.337 e. The number of hydrogen-bond acceptors (Lipinski definition) is 4. The highest BCUT2D eigenvalue weighted by Crippen LogP contribution is 2.18. The Bertz CT molecular complexity index is 1030. The molecule has 2 amide bonds. The van der Waals surface area contributed by atoms with E-state index < -0.39 is 0 Å². The van der Waals surface area contributed by atoms with Gasteiger partial charge in [0.15, 0.2) is 0 Å². The lowest BCUT2D eigenvalue weighted by molar-refractivity contribution is 0.0716. The summed E-state index contributed by atoms with van der Waals surface area (Å²) in [6.45, 7) is 4.36. The molecule has 0 bridgehead atoms. The molecule has 0 saturated carbocycles.